The lowest BCUT2D eigenvalue weighted by Crippen LogP contribution is -2.16. The number of carbonyl (C=O) groups is 2. The van der Waals surface area contributed by atoms with E-state index in [2.05, 4.69) is 14.2 Å². The number of nitrogens with one attached hydrogen (secondary N) is 1. The van der Waals surface area contributed by atoms with Crippen LogP contribution in [0.4, 0.5) is 5.69 Å². The van der Waals surface area contributed by atoms with Crippen molar-refractivity contribution in [3.05, 3.63) is 77.9 Å². The number of esters is 2. The highest BCUT2D eigenvalue weighted by molar-refractivity contribution is 7.92. The zero-order valence-corrected chi connectivity index (χ0v) is 18.8. The smallest absolute Gasteiger partial charge is 0.337 e. The predicted octanol–water partition coefficient (Wildman–Crippen LogP) is 3.86. The molecule has 0 aliphatic rings. The highest BCUT2D eigenvalue weighted by Gasteiger charge is 2.21. The molecule has 3 aromatic rings. The number of anilines is 1. The summed E-state index contributed by atoms with van der Waals surface area (Å²) in [6.07, 6.45) is 0. The molecule has 10 heteroatoms. The van der Waals surface area contributed by atoms with Crippen LogP contribution in [0.2, 0.25) is 0 Å². The molecule has 1 N–H and O–H groups in total. The summed E-state index contributed by atoms with van der Waals surface area (Å²) in [5, 5.41) is 0. The zero-order valence-electron chi connectivity index (χ0n) is 18.0. The number of sulfonamides is 1. The molecular weight excluding hydrogens is 450 g/mol. The molecular formula is C23H21NO8S. The maximum Gasteiger partial charge on any atom is 0.337 e. The van der Waals surface area contributed by atoms with Crippen molar-refractivity contribution in [1.82, 2.24) is 0 Å². The predicted molar refractivity (Wildman–Crippen MR) is 119 cm³/mol. The Balaban J connectivity index is 1.85. The van der Waals surface area contributed by atoms with Gasteiger partial charge in [-0.3, -0.25) is 4.72 Å². The summed E-state index contributed by atoms with van der Waals surface area (Å²) in [5.41, 5.74) is 0.0214. The van der Waals surface area contributed by atoms with Crippen LogP contribution < -0.4 is 14.2 Å². The van der Waals surface area contributed by atoms with E-state index in [0.717, 1.165) is 26.4 Å². The van der Waals surface area contributed by atoms with Crippen LogP contribution in [0.25, 0.3) is 0 Å². The Hall–Kier alpha value is -4.05. The second-order valence-corrected chi connectivity index (χ2v) is 8.29. The summed E-state index contributed by atoms with van der Waals surface area (Å²) in [7, 11) is -0.328. The number of methoxy groups -OCH3 is 3. The summed E-state index contributed by atoms with van der Waals surface area (Å²) >= 11 is 0. The van der Waals surface area contributed by atoms with Gasteiger partial charge < -0.3 is 18.9 Å². The second kappa shape index (κ2) is 10.0. The molecule has 0 fully saturated rings. The van der Waals surface area contributed by atoms with Crippen molar-refractivity contribution in [2.75, 3.05) is 26.1 Å². The van der Waals surface area contributed by atoms with Gasteiger partial charge in [-0.15, -0.1) is 0 Å². The molecule has 3 rings (SSSR count). The summed E-state index contributed by atoms with van der Waals surface area (Å²) < 4.78 is 48.5. The first-order valence-electron chi connectivity index (χ1n) is 9.53. The summed E-state index contributed by atoms with van der Waals surface area (Å²) in [6, 6.07) is 16.7. The SMILES string of the molecule is COC(=O)c1cc(C(=O)OC)cc(S(=O)(=O)Nc2ccc(Oc3ccccc3OC)cc2)c1. The van der Waals surface area contributed by atoms with Crippen LogP contribution >= 0.6 is 0 Å². The molecule has 172 valence electrons. The monoisotopic (exact) mass is 471 g/mol. The lowest BCUT2D eigenvalue weighted by Gasteiger charge is -2.12. The van der Waals surface area contributed by atoms with Crippen LogP contribution in [-0.2, 0) is 19.5 Å². The molecule has 0 unspecified atom stereocenters. The molecule has 9 nitrogen and oxygen atoms in total. The molecule has 0 aromatic heterocycles. The third kappa shape index (κ3) is 5.60. The molecule has 0 radical (unpaired) electrons. The van der Waals surface area contributed by atoms with E-state index in [0.29, 0.717) is 17.2 Å². The van der Waals surface area contributed by atoms with Crippen molar-refractivity contribution in [3.63, 3.8) is 0 Å². The molecule has 33 heavy (non-hydrogen) atoms. The molecule has 0 aliphatic carbocycles. The van der Waals surface area contributed by atoms with Crippen molar-refractivity contribution in [3.8, 4) is 17.2 Å². The zero-order chi connectivity index (χ0) is 24.0. The van der Waals surface area contributed by atoms with Crippen LogP contribution in [0.3, 0.4) is 0 Å². The van der Waals surface area contributed by atoms with Gasteiger partial charge in [-0.25, -0.2) is 18.0 Å². The van der Waals surface area contributed by atoms with E-state index in [9.17, 15) is 18.0 Å². The molecule has 0 aliphatic heterocycles. The van der Waals surface area contributed by atoms with Gasteiger partial charge in [-0.05, 0) is 54.6 Å². The lowest BCUT2D eigenvalue weighted by molar-refractivity contribution is 0.0598. The third-order valence-corrected chi connectivity index (χ3v) is 5.82. The Labute approximate surface area is 190 Å². The largest absolute Gasteiger partial charge is 0.493 e. The number of rotatable bonds is 8. The van der Waals surface area contributed by atoms with Crippen LogP contribution in [0.1, 0.15) is 20.7 Å². The highest BCUT2D eigenvalue weighted by atomic mass is 32.2. The summed E-state index contributed by atoms with van der Waals surface area (Å²) in [6.45, 7) is 0. The van der Waals surface area contributed by atoms with Crippen molar-refractivity contribution >= 4 is 27.6 Å². The van der Waals surface area contributed by atoms with E-state index in [1.54, 1.807) is 30.3 Å². The molecule has 0 atom stereocenters. The first kappa shape index (κ1) is 23.6. The van der Waals surface area contributed by atoms with E-state index < -0.39 is 22.0 Å². The number of benzene rings is 3. The van der Waals surface area contributed by atoms with Gasteiger partial charge in [0.25, 0.3) is 10.0 Å². The number of carbonyl (C=O) groups excluding carboxylic acids is 2. The minimum atomic E-state index is -4.15. The van der Waals surface area contributed by atoms with Crippen LogP contribution in [0, 0.1) is 0 Å². The standard InChI is InChI=1S/C23H21NO8S/c1-29-20-6-4-5-7-21(20)32-18-10-8-17(9-11-18)24-33(27,28)19-13-15(22(25)30-2)12-16(14-19)23(26)31-3/h4-14,24H,1-3H3. The van der Waals surface area contributed by atoms with Gasteiger partial charge in [0.2, 0.25) is 0 Å². The van der Waals surface area contributed by atoms with E-state index in [1.807, 2.05) is 6.07 Å². The van der Waals surface area contributed by atoms with Gasteiger partial charge in [0.15, 0.2) is 11.5 Å². The maximum absolute atomic E-state index is 12.9. The van der Waals surface area contributed by atoms with E-state index in [1.165, 1.54) is 25.3 Å². The minimum absolute atomic E-state index is 0.110. The second-order valence-electron chi connectivity index (χ2n) is 6.61. The normalized spacial score (nSPS) is 10.8. The molecule has 0 heterocycles. The van der Waals surface area contributed by atoms with Crippen molar-refractivity contribution in [2.45, 2.75) is 4.90 Å². The van der Waals surface area contributed by atoms with Gasteiger partial charge in [0.05, 0.1) is 37.4 Å². The van der Waals surface area contributed by atoms with Gasteiger partial charge in [0, 0.05) is 5.69 Å². The fourth-order valence-corrected chi connectivity index (χ4v) is 3.99. The van der Waals surface area contributed by atoms with Crippen LogP contribution in [-0.4, -0.2) is 41.7 Å². The average molecular weight is 471 g/mol. The average Bonchev–Trinajstić information content (AvgIpc) is 2.84. The molecule has 0 amide bonds. The van der Waals surface area contributed by atoms with Crippen LogP contribution in [0.15, 0.2) is 71.6 Å². The number of para-hydroxylation sites is 2. The third-order valence-electron chi connectivity index (χ3n) is 4.46. The summed E-state index contributed by atoms with van der Waals surface area (Å²) in [5.74, 6) is -0.0781. The first-order chi connectivity index (χ1) is 15.8. The first-order valence-corrected chi connectivity index (χ1v) is 11.0. The maximum atomic E-state index is 12.9. The van der Waals surface area contributed by atoms with Gasteiger partial charge >= 0.3 is 11.9 Å². The van der Waals surface area contributed by atoms with Gasteiger partial charge in [-0.2, -0.15) is 0 Å². The molecule has 0 saturated heterocycles. The lowest BCUT2D eigenvalue weighted by atomic mass is 10.1. The Bertz CT molecular complexity index is 1240. The molecule has 0 spiro atoms. The van der Waals surface area contributed by atoms with Crippen molar-refractivity contribution in [1.29, 1.82) is 0 Å². The summed E-state index contributed by atoms with van der Waals surface area (Å²) in [4.78, 5) is 23.6. The van der Waals surface area contributed by atoms with Crippen LogP contribution in [0.5, 0.6) is 17.2 Å². The molecule has 0 bridgehead atoms. The fourth-order valence-electron chi connectivity index (χ4n) is 2.86. The molecule has 3 aromatic carbocycles. The van der Waals surface area contributed by atoms with E-state index in [4.69, 9.17) is 9.47 Å². The molecule has 0 saturated carbocycles. The van der Waals surface area contributed by atoms with Gasteiger partial charge in [0.1, 0.15) is 5.75 Å². The van der Waals surface area contributed by atoms with E-state index in [-0.39, 0.29) is 21.7 Å². The number of hydrogen-bond acceptors (Lipinski definition) is 8. The van der Waals surface area contributed by atoms with Crippen molar-refractivity contribution in [2.24, 2.45) is 0 Å². The Kier molecular flexibility index (Phi) is 7.19. The van der Waals surface area contributed by atoms with Crippen molar-refractivity contribution < 1.29 is 37.0 Å². The Morgan fingerprint density at radius 1 is 0.758 bits per heavy atom. The number of ether oxygens (including phenoxy) is 4. The highest BCUT2D eigenvalue weighted by Crippen LogP contribution is 2.31. The Morgan fingerprint density at radius 3 is 1.82 bits per heavy atom. The Morgan fingerprint density at radius 2 is 1.30 bits per heavy atom. The van der Waals surface area contributed by atoms with Gasteiger partial charge in [-0.1, -0.05) is 12.1 Å². The topological polar surface area (TPSA) is 117 Å². The van der Waals surface area contributed by atoms with E-state index >= 15 is 0 Å². The number of hydrogen-bond donors (Lipinski definition) is 1. The fraction of sp³-hybridized carbons (Fsp3) is 0.130. The minimum Gasteiger partial charge on any atom is -0.493 e. The quantitative estimate of drug-likeness (QED) is 0.492.